The second-order valence-corrected chi connectivity index (χ2v) is 9.06. The molecule has 0 saturated carbocycles. The standard InChI is InChI=1S/C28H33NO6/c1-4-5-15-34-22-10-7-19(8-11-22)25-24(27(31)28(32)29(25)13-6-14-33-3)26(30)20-9-12-23-21(17-20)16-18(2)35-23/h7-12,17-18,25,30H,4-6,13-16H2,1-3H3/t18-,25-/m0/s1. The van der Waals surface area contributed by atoms with Gasteiger partial charge in [-0.3, -0.25) is 9.59 Å². The third-order valence-electron chi connectivity index (χ3n) is 6.42. The summed E-state index contributed by atoms with van der Waals surface area (Å²) in [5, 5.41) is 11.3. The second kappa shape index (κ2) is 11.0. The molecule has 0 radical (unpaired) electrons. The van der Waals surface area contributed by atoms with Crippen LogP contribution in [0.4, 0.5) is 0 Å². The zero-order valence-corrected chi connectivity index (χ0v) is 20.6. The highest BCUT2D eigenvalue weighted by Crippen LogP contribution is 2.41. The van der Waals surface area contributed by atoms with Crippen LogP contribution < -0.4 is 9.47 Å². The minimum absolute atomic E-state index is 0.0619. The van der Waals surface area contributed by atoms with Crippen molar-refractivity contribution in [1.29, 1.82) is 0 Å². The van der Waals surface area contributed by atoms with Gasteiger partial charge >= 0.3 is 0 Å². The summed E-state index contributed by atoms with van der Waals surface area (Å²) in [6, 6.07) is 12.1. The molecule has 1 fully saturated rings. The first-order chi connectivity index (χ1) is 16.9. The first kappa shape index (κ1) is 24.8. The van der Waals surface area contributed by atoms with Crippen LogP contribution in [-0.4, -0.2) is 54.7 Å². The van der Waals surface area contributed by atoms with Gasteiger partial charge in [0.25, 0.3) is 11.7 Å². The van der Waals surface area contributed by atoms with Crippen molar-refractivity contribution in [3.63, 3.8) is 0 Å². The van der Waals surface area contributed by atoms with Gasteiger partial charge < -0.3 is 24.2 Å². The van der Waals surface area contributed by atoms with E-state index >= 15 is 0 Å². The quantitative estimate of drug-likeness (QED) is 0.231. The topological polar surface area (TPSA) is 85.3 Å². The van der Waals surface area contributed by atoms with Crippen LogP contribution in [0.2, 0.25) is 0 Å². The maximum absolute atomic E-state index is 13.2. The Balaban J connectivity index is 1.72. The number of unbranched alkanes of at least 4 members (excludes halogenated alkanes) is 1. The fourth-order valence-corrected chi connectivity index (χ4v) is 4.64. The van der Waals surface area contributed by atoms with Gasteiger partial charge in [-0.25, -0.2) is 0 Å². The van der Waals surface area contributed by atoms with Crippen molar-refractivity contribution in [3.05, 3.63) is 64.7 Å². The number of fused-ring (bicyclic) bond motifs is 1. The van der Waals surface area contributed by atoms with E-state index in [1.807, 2.05) is 37.3 Å². The molecular weight excluding hydrogens is 446 g/mol. The number of carbonyl (C=O) groups is 2. The van der Waals surface area contributed by atoms with Crippen LogP contribution >= 0.6 is 0 Å². The Hall–Kier alpha value is -3.32. The number of ketones is 1. The number of likely N-dealkylation sites (tertiary alicyclic amines) is 1. The number of nitrogens with zero attached hydrogens (tertiary/aromatic N) is 1. The second-order valence-electron chi connectivity index (χ2n) is 9.06. The molecule has 2 aromatic rings. The molecule has 2 atom stereocenters. The first-order valence-corrected chi connectivity index (χ1v) is 12.2. The zero-order chi connectivity index (χ0) is 24.9. The van der Waals surface area contributed by atoms with Gasteiger partial charge in [-0.1, -0.05) is 25.5 Å². The summed E-state index contributed by atoms with van der Waals surface area (Å²) in [5.41, 5.74) is 2.31. The van der Waals surface area contributed by atoms with E-state index in [2.05, 4.69) is 6.92 Å². The van der Waals surface area contributed by atoms with Crippen LogP contribution in [0.5, 0.6) is 11.5 Å². The molecule has 1 saturated heterocycles. The molecule has 35 heavy (non-hydrogen) atoms. The number of benzene rings is 2. The summed E-state index contributed by atoms with van der Waals surface area (Å²) in [6.07, 6.45) is 3.37. The van der Waals surface area contributed by atoms with Gasteiger partial charge in [0, 0.05) is 32.2 Å². The summed E-state index contributed by atoms with van der Waals surface area (Å²) in [5.74, 6) is 0.0381. The number of hydrogen-bond acceptors (Lipinski definition) is 6. The summed E-state index contributed by atoms with van der Waals surface area (Å²) < 4.78 is 16.7. The lowest BCUT2D eigenvalue weighted by atomic mass is 9.94. The van der Waals surface area contributed by atoms with Crippen molar-refractivity contribution in [2.24, 2.45) is 0 Å². The molecule has 0 unspecified atom stereocenters. The maximum atomic E-state index is 13.2. The average Bonchev–Trinajstić information content (AvgIpc) is 3.35. The van der Waals surface area contributed by atoms with E-state index < -0.39 is 17.7 Å². The van der Waals surface area contributed by atoms with Gasteiger partial charge in [-0.05, 0) is 61.2 Å². The molecule has 7 nitrogen and oxygen atoms in total. The molecule has 2 aromatic carbocycles. The van der Waals surface area contributed by atoms with E-state index in [0.717, 1.165) is 41.9 Å². The molecule has 0 aliphatic carbocycles. The molecule has 2 aliphatic rings. The number of methoxy groups -OCH3 is 1. The fourth-order valence-electron chi connectivity index (χ4n) is 4.64. The van der Waals surface area contributed by atoms with Crippen LogP contribution in [0.3, 0.4) is 0 Å². The normalized spacial score (nSPS) is 20.7. The minimum atomic E-state index is -0.694. The lowest BCUT2D eigenvalue weighted by Crippen LogP contribution is -2.31. The van der Waals surface area contributed by atoms with Gasteiger partial charge in [-0.2, -0.15) is 0 Å². The maximum Gasteiger partial charge on any atom is 0.295 e. The van der Waals surface area contributed by atoms with Crippen molar-refractivity contribution in [2.45, 2.75) is 51.7 Å². The molecule has 4 rings (SSSR count). The van der Waals surface area contributed by atoms with Crippen LogP contribution in [0.25, 0.3) is 5.76 Å². The molecule has 2 heterocycles. The van der Waals surface area contributed by atoms with Crippen molar-refractivity contribution < 1.29 is 28.9 Å². The molecule has 0 spiro atoms. The number of Topliss-reactive ketones (excluding diaryl/α,β-unsaturated/α-hetero) is 1. The number of aliphatic hydroxyl groups is 1. The van der Waals surface area contributed by atoms with Gasteiger partial charge in [0.05, 0.1) is 18.2 Å². The Morgan fingerprint density at radius 2 is 1.89 bits per heavy atom. The van der Waals surface area contributed by atoms with Crippen molar-refractivity contribution in [3.8, 4) is 11.5 Å². The van der Waals surface area contributed by atoms with E-state index in [1.54, 1.807) is 19.2 Å². The van der Waals surface area contributed by atoms with Crippen molar-refractivity contribution in [1.82, 2.24) is 4.90 Å². The molecule has 2 aliphatic heterocycles. The SMILES string of the molecule is CCCCOc1ccc([C@H]2C(=C(O)c3ccc4c(c3)C[C@H](C)O4)C(=O)C(=O)N2CCCOC)cc1. The average molecular weight is 480 g/mol. The number of aliphatic hydroxyl groups excluding tert-OH is 1. The van der Waals surface area contributed by atoms with Crippen LogP contribution in [0.15, 0.2) is 48.0 Å². The predicted octanol–water partition coefficient (Wildman–Crippen LogP) is 4.65. The highest BCUT2D eigenvalue weighted by atomic mass is 16.5. The molecule has 0 bridgehead atoms. The Kier molecular flexibility index (Phi) is 7.76. The van der Waals surface area contributed by atoms with Crippen LogP contribution in [0.1, 0.15) is 55.8 Å². The van der Waals surface area contributed by atoms with E-state index in [4.69, 9.17) is 14.2 Å². The Morgan fingerprint density at radius 3 is 2.60 bits per heavy atom. The van der Waals surface area contributed by atoms with Crippen LogP contribution in [-0.2, 0) is 20.7 Å². The van der Waals surface area contributed by atoms with Crippen LogP contribution in [0, 0.1) is 0 Å². The van der Waals surface area contributed by atoms with Gasteiger partial charge in [-0.15, -0.1) is 0 Å². The minimum Gasteiger partial charge on any atom is -0.507 e. The summed E-state index contributed by atoms with van der Waals surface area (Å²) in [4.78, 5) is 27.8. The largest absolute Gasteiger partial charge is 0.507 e. The summed E-state index contributed by atoms with van der Waals surface area (Å²) >= 11 is 0. The van der Waals surface area contributed by atoms with Crippen molar-refractivity contribution in [2.75, 3.05) is 26.9 Å². The highest BCUT2D eigenvalue weighted by molar-refractivity contribution is 6.46. The van der Waals surface area contributed by atoms with Crippen molar-refractivity contribution >= 4 is 17.4 Å². The Labute approximate surface area is 206 Å². The number of carbonyl (C=O) groups excluding carboxylic acids is 2. The zero-order valence-electron chi connectivity index (χ0n) is 20.6. The van der Waals surface area contributed by atoms with Gasteiger partial charge in [0.1, 0.15) is 23.4 Å². The molecule has 1 N–H and O–H groups in total. The smallest absolute Gasteiger partial charge is 0.295 e. The Morgan fingerprint density at radius 1 is 1.11 bits per heavy atom. The third kappa shape index (κ3) is 5.20. The van der Waals surface area contributed by atoms with E-state index in [1.165, 1.54) is 4.90 Å². The number of amides is 1. The molecule has 7 heteroatoms. The fraction of sp³-hybridized carbons (Fsp3) is 0.429. The van der Waals surface area contributed by atoms with E-state index in [0.29, 0.717) is 31.7 Å². The molecule has 0 aromatic heterocycles. The molecule has 1 amide bonds. The Bertz CT molecular complexity index is 1110. The van der Waals surface area contributed by atoms with Gasteiger partial charge in [0.2, 0.25) is 0 Å². The third-order valence-corrected chi connectivity index (χ3v) is 6.42. The van der Waals surface area contributed by atoms with E-state index in [9.17, 15) is 14.7 Å². The lowest BCUT2D eigenvalue weighted by Gasteiger charge is -2.25. The molecule has 186 valence electrons. The number of hydrogen-bond donors (Lipinski definition) is 1. The predicted molar refractivity (Wildman–Crippen MR) is 133 cm³/mol. The summed E-state index contributed by atoms with van der Waals surface area (Å²) in [6.45, 7) is 5.52. The number of rotatable bonds is 10. The number of ether oxygens (including phenoxy) is 3. The summed E-state index contributed by atoms with van der Waals surface area (Å²) in [7, 11) is 1.60. The van der Waals surface area contributed by atoms with Gasteiger partial charge in [0.15, 0.2) is 0 Å². The highest BCUT2D eigenvalue weighted by Gasteiger charge is 2.45. The van der Waals surface area contributed by atoms with E-state index in [-0.39, 0.29) is 17.4 Å². The molecular formula is C28H33NO6. The monoisotopic (exact) mass is 479 g/mol. The first-order valence-electron chi connectivity index (χ1n) is 12.2. The lowest BCUT2D eigenvalue weighted by molar-refractivity contribution is -0.140.